The molecule has 3 N–H and O–H groups in total. The topological polar surface area (TPSA) is 47.3 Å². The zero-order chi connectivity index (χ0) is 12.1. The molecule has 0 saturated heterocycles. The van der Waals surface area contributed by atoms with Crippen LogP contribution in [-0.2, 0) is 4.74 Å². The van der Waals surface area contributed by atoms with Crippen LogP contribution in [0.15, 0.2) is 18.2 Å². The number of methoxy groups -OCH3 is 1. The summed E-state index contributed by atoms with van der Waals surface area (Å²) in [6.45, 7) is 7.14. The normalized spacial score (nSPS) is 12.8. The smallest absolute Gasteiger partial charge is 0.0666 e. The molecular weight excluding hydrogens is 200 g/mol. The Morgan fingerprint density at radius 1 is 1.38 bits per heavy atom. The van der Waals surface area contributed by atoms with Gasteiger partial charge in [0.15, 0.2) is 0 Å². The Labute approximate surface area is 98.0 Å². The van der Waals surface area contributed by atoms with Crippen LogP contribution in [0.2, 0.25) is 0 Å². The second-order valence-corrected chi connectivity index (χ2v) is 4.52. The Kier molecular flexibility index (Phi) is 4.62. The maximum Gasteiger partial charge on any atom is 0.0666 e. The number of hydrogen-bond acceptors (Lipinski definition) is 3. The van der Waals surface area contributed by atoms with Crippen LogP contribution in [0.5, 0.6) is 0 Å². The number of nitrogen functional groups attached to an aromatic ring is 1. The minimum Gasteiger partial charge on any atom is -0.399 e. The van der Waals surface area contributed by atoms with Crippen molar-refractivity contribution in [1.29, 1.82) is 0 Å². The minimum atomic E-state index is 0.326. The van der Waals surface area contributed by atoms with Crippen molar-refractivity contribution in [3.63, 3.8) is 0 Å². The summed E-state index contributed by atoms with van der Waals surface area (Å²) in [6.07, 6.45) is 0. The molecule has 1 unspecified atom stereocenters. The zero-order valence-corrected chi connectivity index (χ0v) is 10.6. The van der Waals surface area contributed by atoms with Crippen LogP contribution in [0.3, 0.4) is 0 Å². The highest BCUT2D eigenvalue weighted by Gasteiger charge is 2.13. The maximum atomic E-state index is 5.72. The van der Waals surface area contributed by atoms with Gasteiger partial charge in [-0.3, -0.25) is 0 Å². The monoisotopic (exact) mass is 222 g/mol. The Balaban J connectivity index is 2.77. The van der Waals surface area contributed by atoms with Crippen LogP contribution in [0.25, 0.3) is 0 Å². The van der Waals surface area contributed by atoms with Crippen molar-refractivity contribution in [2.24, 2.45) is 5.92 Å². The van der Waals surface area contributed by atoms with Crippen LogP contribution >= 0.6 is 0 Å². The zero-order valence-electron chi connectivity index (χ0n) is 10.6. The molecule has 1 atom stereocenters. The number of anilines is 2. The fourth-order valence-corrected chi connectivity index (χ4v) is 1.63. The summed E-state index contributed by atoms with van der Waals surface area (Å²) in [5, 5.41) is 3.49. The van der Waals surface area contributed by atoms with E-state index < -0.39 is 0 Å². The molecule has 1 aromatic carbocycles. The van der Waals surface area contributed by atoms with Crippen LogP contribution < -0.4 is 11.1 Å². The number of nitrogens with one attached hydrogen (secondary N) is 1. The van der Waals surface area contributed by atoms with Gasteiger partial charge in [0, 0.05) is 18.5 Å². The van der Waals surface area contributed by atoms with Crippen molar-refractivity contribution in [2.75, 3.05) is 24.8 Å². The summed E-state index contributed by atoms with van der Waals surface area (Å²) in [7, 11) is 1.73. The standard InChI is InChI=1S/C13H22N2O/c1-9(2)13(8-16-4)15-12-6-5-11(14)7-10(12)3/h5-7,9,13,15H,8,14H2,1-4H3. The molecule has 0 heterocycles. The molecule has 0 aromatic heterocycles. The highest BCUT2D eigenvalue weighted by Crippen LogP contribution is 2.20. The number of ether oxygens (including phenoxy) is 1. The number of benzene rings is 1. The van der Waals surface area contributed by atoms with Gasteiger partial charge in [-0.1, -0.05) is 13.8 Å². The molecule has 3 nitrogen and oxygen atoms in total. The second kappa shape index (κ2) is 5.75. The molecular formula is C13H22N2O. The average Bonchev–Trinajstić information content (AvgIpc) is 2.20. The Morgan fingerprint density at radius 3 is 2.56 bits per heavy atom. The van der Waals surface area contributed by atoms with E-state index in [2.05, 4.69) is 26.1 Å². The number of nitrogens with two attached hydrogens (primary N) is 1. The summed E-state index contributed by atoms with van der Waals surface area (Å²) >= 11 is 0. The third-order valence-corrected chi connectivity index (χ3v) is 2.74. The Bertz CT molecular complexity index is 337. The summed E-state index contributed by atoms with van der Waals surface area (Å²) in [6, 6.07) is 6.24. The summed E-state index contributed by atoms with van der Waals surface area (Å²) < 4.78 is 5.21. The van der Waals surface area contributed by atoms with Crippen LogP contribution in [-0.4, -0.2) is 19.8 Å². The van der Waals surface area contributed by atoms with Gasteiger partial charge in [0.25, 0.3) is 0 Å². The van der Waals surface area contributed by atoms with Gasteiger partial charge in [-0.15, -0.1) is 0 Å². The molecule has 1 rings (SSSR count). The van der Waals surface area contributed by atoms with E-state index in [1.165, 1.54) is 5.56 Å². The summed E-state index contributed by atoms with van der Waals surface area (Å²) in [5.41, 5.74) is 8.82. The lowest BCUT2D eigenvalue weighted by molar-refractivity contribution is 0.171. The van der Waals surface area contributed by atoms with Crippen molar-refractivity contribution in [2.45, 2.75) is 26.8 Å². The predicted octanol–water partition coefficient (Wildman–Crippen LogP) is 2.66. The number of aryl methyl sites for hydroxylation is 1. The SMILES string of the molecule is COCC(Nc1ccc(N)cc1C)C(C)C. The molecule has 90 valence electrons. The van der Waals surface area contributed by atoms with Crippen LogP contribution in [0.1, 0.15) is 19.4 Å². The fourth-order valence-electron chi connectivity index (χ4n) is 1.63. The lowest BCUT2D eigenvalue weighted by Crippen LogP contribution is -2.30. The van der Waals surface area contributed by atoms with Crippen molar-refractivity contribution in [1.82, 2.24) is 0 Å². The number of hydrogen-bond donors (Lipinski definition) is 2. The first-order chi connectivity index (χ1) is 7.54. The second-order valence-electron chi connectivity index (χ2n) is 4.52. The molecule has 16 heavy (non-hydrogen) atoms. The highest BCUT2D eigenvalue weighted by atomic mass is 16.5. The van der Waals surface area contributed by atoms with Gasteiger partial charge in [0.1, 0.15) is 0 Å². The molecule has 0 aliphatic carbocycles. The largest absolute Gasteiger partial charge is 0.399 e. The maximum absolute atomic E-state index is 5.72. The molecule has 0 fully saturated rings. The summed E-state index contributed by atoms with van der Waals surface area (Å²) in [5.74, 6) is 0.525. The quantitative estimate of drug-likeness (QED) is 0.753. The molecule has 1 aromatic rings. The van der Waals surface area contributed by atoms with Crippen molar-refractivity contribution >= 4 is 11.4 Å². The van der Waals surface area contributed by atoms with Gasteiger partial charge >= 0.3 is 0 Å². The molecule has 3 heteroatoms. The first-order valence-electron chi connectivity index (χ1n) is 5.66. The van der Waals surface area contributed by atoms with Crippen molar-refractivity contribution < 1.29 is 4.74 Å². The Hall–Kier alpha value is -1.22. The fraction of sp³-hybridized carbons (Fsp3) is 0.538. The predicted molar refractivity (Wildman–Crippen MR) is 69.7 cm³/mol. The van der Waals surface area contributed by atoms with E-state index in [1.54, 1.807) is 7.11 Å². The van der Waals surface area contributed by atoms with Gasteiger partial charge < -0.3 is 15.8 Å². The molecule has 0 amide bonds. The number of rotatable bonds is 5. The van der Waals surface area contributed by atoms with E-state index in [0.29, 0.717) is 18.6 Å². The van der Waals surface area contributed by atoms with E-state index >= 15 is 0 Å². The molecule has 0 aliphatic heterocycles. The van der Waals surface area contributed by atoms with E-state index in [0.717, 1.165) is 11.4 Å². The molecule has 0 aliphatic rings. The van der Waals surface area contributed by atoms with Crippen LogP contribution in [0, 0.1) is 12.8 Å². The van der Waals surface area contributed by atoms with Crippen LogP contribution in [0.4, 0.5) is 11.4 Å². The lowest BCUT2D eigenvalue weighted by Gasteiger charge is -2.23. The minimum absolute atomic E-state index is 0.326. The van der Waals surface area contributed by atoms with Gasteiger partial charge in [0.2, 0.25) is 0 Å². The van der Waals surface area contributed by atoms with Gasteiger partial charge in [-0.25, -0.2) is 0 Å². The molecule has 0 spiro atoms. The van der Waals surface area contributed by atoms with Crippen molar-refractivity contribution in [3.05, 3.63) is 23.8 Å². The Morgan fingerprint density at radius 2 is 2.06 bits per heavy atom. The average molecular weight is 222 g/mol. The lowest BCUT2D eigenvalue weighted by atomic mass is 10.0. The van der Waals surface area contributed by atoms with E-state index in [-0.39, 0.29) is 0 Å². The van der Waals surface area contributed by atoms with E-state index in [1.807, 2.05) is 18.2 Å². The highest BCUT2D eigenvalue weighted by molar-refractivity contribution is 5.57. The third-order valence-electron chi connectivity index (χ3n) is 2.74. The van der Waals surface area contributed by atoms with E-state index in [9.17, 15) is 0 Å². The van der Waals surface area contributed by atoms with Gasteiger partial charge in [0.05, 0.1) is 12.6 Å². The van der Waals surface area contributed by atoms with Crippen molar-refractivity contribution in [3.8, 4) is 0 Å². The van der Waals surface area contributed by atoms with Gasteiger partial charge in [-0.2, -0.15) is 0 Å². The van der Waals surface area contributed by atoms with E-state index in [4.69, 9.17) is 10.5 Å². The molecule has 0 radical (unpaired) electrons. The first kappa shape index (κ1) is 12.8. The molecule has 0 saturated carbocycles. The first-order valence-corrected chi connectivity index (χ1v) is 5.66. The molecule has 0 bridgehead atoms. The summed E-state index contributed by atoms with van der Waals surface area (Å²) in [4.78, 5) is 0. The van der Waals surface area contributed by atoms with Gasteiger partial charge in [-0.05, 0) is 36.6 Å². The third kappa shape index (κ3) is 3.42.